The molecule has 4 nitrogen and oxygen atoms in total. The second-order valence-corrected chi connectivity index (χ2v) is 3.15. The average Bonchev–Trinajstić information content (AvgIpc) is 2.41. The van der Waals surface area contributed by atoms with Crippen LogP contribution in [0, 0.1) is 0 Å². The first kappa shape index (κ1) is 8.87. The van der Waals surface area contributed by atoms with Gasteiger partial charge in [0.25, 0.3) is 0 Å². The van der Waals surface area contributed by atoms with Gasteiger partial charge in [-0.25, -0.2) is 0 Å². The Hall–Kier alpha value is -1.71. The van der Waals surface area contributed by atoms with Gasteiger partial charge in [0, 0.05) is 12.1 Å². The van der Waals surface area contributed by atoms with Gasteiger partial charge < -0.3 is 14.6 Å². The summed E-state index contributed by atoms with van der Waals surface area (Å²) in [6.45, 7) is 1.67. The van der Waals surface area contributed by atoms with Gasteiger partial charge in [-0.05, 0) is 6.92 Å². The molecule has 4 heteroatoms. The fourth-order valence-electron chi connectivity index (χ4n) is 1.52. The fourth-order valence-corrected chi connectivity index (χ4v) is 1.52. The molecular weight excluding hydrogens is 184 g/mol. The standard InChI is InChI=1S/C10H10O4/c1-5-10(12)9-7(13-2)3-6(11)4-8(9)14-5/h3-5,11H,1-2H3/t5-/m0/s1. The maximum absolute atomic E-state index is 11.6. The first-order valence-corrected chi connectivity index (χ1v) is 4.25. The van der Waals surface area contributed by atoms with Crippen LogP contribution in [0.3, 0.4) is 0 Å². The number of phenolic OH excluding ortho intramolecular Hbond substituents is 1. The number of hydrogen-bond donors (Lipinski definition) is 1. The summed E-state index contributed by atoms with van der Waals surface area (Å²) < 4.78 is 10.2. The molecule has 0 saturated carbocycles. The molecule has 1 heterocycles. The van der Waals surface area contributed by atoms with Gasteiger partial charge in [-0.3, -0.25) is 4.79 Å². The zero-order valence-corrected chi connectivity index (χ0v) is 7.90. The van der Waals surface area contributed by atoms with Gasteiger partial charge in [0.15, 0.2) is 6.10 Å². The molecule has 1 aromatic rings. The number of phenols is 1. The summed E-state index contributed by atoms with van der Waals surface area (Å²) in [4.78, 5) is 11.6. The molecule has 0 aliphatic carbocycles. The third kappa shape index (κ3) is 1.11. The van der Waals surface area contributed by atoms with Crippen LogP contribution in [-0.4, -0.2) is 24.1 Å². The van der Waals surface area contributed by atoms with E-state index in [-0.39, 0.29) is 11.5 Å². The maximum atomic E-state index is 11.6. The van der Waals surface area contributed by atoms with Crippen LogP contribution in [0.4, 0.5) is 0 Å². The highest BCUT2D eigenvalue weighted by Crippen LogP contribution is 2.39. The number of aromatic hydroxyl groups is 1. The normalized spacial score (nSPS) is 19.0. The van der Waals surface area contributed by atoms with E-state index in [1.54, 1.807) is 6.92 Å². The summed E-state index contributed by atoms with van der Waals surface area (Å²) in [5, 5.41) is 9.31. The second-order valence-electron chi connectivity index (χ2n) is 3.15. The molecule has 1 aromatic carbocycles. The lowest BCUT2D eigenvalue weighted by Gasteiger charge is -2.04. The molecule has 0 fully saturated rings. The third-order valence-corrected chi connectivity index (χ3v) is 2.19. The Morgan fingerprint density at radius 1 is 1.50 bits per heavy atom. The van der Waals surface area contributed by atoms with Gasteiger partial charge in [-0.2, -0.15) is 0 Å². The Bertz CT molecular complexity index is 397. The predicted molar refractivity (Wildman–Crippen MR) is 49.1 cm³/mol. The topological polar surface area (TPSA) is 55.8 Å². The first-order chi connectivity index (χ1) is 6.63. The van der Waals surface area contributed by atoms with E-state index in [1.807, 2.05) is 0 Å². The summed E-state index contributed by atoms with van der Waals surface area (Å²) in [5.74, 6) is 0.660. The average molecular weight is 194 g/mol. The number of carbonyl (C=O) groups is 1. The van der Waals surface area contributed by atoms with Crippen molar-refractivity contribution in [1.82, 2.24) is 0 Å². The van der Waals surface area contributed by atoms with Gasteiger partial charge >= 0.3 is 0 Å². The number of fused-ring (bicyclic) bond motifs is 1. The minimum Gasteiger partial charge on any atom is -0.508 e. The largest absolute Gasteiger partial charge is 0.508 e. The molecule has 74 valence electrons. The van der Waals surface area contributed by atoms with Crippen LogP contribution in [-0.2, 0) is 0 Å². The molecule has 0 aromatic heterocycles. The monoisotopic (exact) mass is 194 g/mol. The number of hydrogen-bond acceptors (Lipinski definition) is 4. The Kier molecular flexibility index (Phi) is 1.84. The SMILES string of the molecule is COc1cc(O)cc2c1C(=O)[C@H](C)O2. The smallest absolute Gasteiger partial charge is 0.210 e. The highest BCUT2D eigenvalue weighted by molar-refractivity contribution is 6.06. The molecule has 1 N–H and O–H groups in total. The minimum absolute atomic E-state index is 0.0301. The minimum atomic E-state index is -0.499. The molecule has 1 aliphatic rings. The number of Topliss-reactive ketones (excluding diaryl/α,β-unsaturated/α-hetero) is 1. The molecule has 14 heavy (non-hydrogen) atoms. The van der Waals surface area contributed by atoms with Crippen molar-refractivity contribution >= 4 is 5.78 Å². The third-order valence-electron chi connectivity index (χ3n) is 2.19. The molecule has 1 atom stereocenters. The van der Waals surface area contributed by atoms with Crippen LogP contribution in [0.2, 0.25) is 0 Å². The van der Waals surface area contributed by atoms with E-state index in [2.05, 4.69) is 0 Å². The summed E-state index contributed by atoms with van der Waals surface area (Å²) in [6, 6.07) is 2.82. The number of ether oxygens (including phenoxy) is 2. The first-order valence-electron chi connectivity index (χ1n) is 4.25. The van der Waals surface area contributed by atoms with E-state index in [9.17, 15) is 9.90 Å². The number of benzene rings is 1. The van der Waals surface area contributed by atoms with Crippen LogP contribution < -0.4 is 9.47 Å². The molecule has 0 saturated heterocycles. The van der Waals surface area contributed by atoms with E-state index >= 15 is 0 Å². The highest BCUT2D eigenvalue weighted by atomic mass is 16.5. The Labute approximate surface area is 81.1 Å². The zero-order chi connectivity index (χ0) is 10.3. The fraction of sp³-hybridized carbons (Fsp3) is 0.300. The quantitative estimate of drug-likeness (QED) is 0.733. The van der Waals surface area contributed by atoms with Crippen LogP contribution in [0.5, 0.6) is 17.2 Å². The van der Waals surface area contributed by atoms with E-state index in [4.69, 9.17) is 9.47 Å². The number of rotatable bonds is 1. The Morgan fingerprint density at radius 3 is 2.86 bits per heavy atom. The van der Waals surface area contributed by atoms with Gasteiger partial charge in [0.2, 0.25) is 5.78 Å². The summed E-state index contributed by atoms with van der Waals surface area (Å²) >= 11 is 0. The molecule has 2 rings (SSSR count). The van der Waals surface area contributed by atoms with Gasteiger partial charge in [0.1, 0.15) is 22.8 Å². The maximum Gasteiger partial charge on any atom is 0.210 e. The second kappa shape index (κ2) is 2.90. The number of carbonyl (C=O) groups excluding carboxylic acids is 1. The molecule has 0 spiro atoms. The van der Waals surface area contributed by atoms with Crippen molar-refractivity contribution in [3.05, 3.63) is 17.7 Å². The van der Waals surface area contributed by atoms with Crippen molar-refractivity contribution in [1.29, 1.82) is 0 Å². The summed E-state index contributed by atoms with van der Waals surface area (Å²) in [7, 11) is 1.45. The summed E-state index contributed by atoms with van der Waals surface area (Å²) in [5.41, 5.74) is 0.415. The summed E-state index contributed by atoms with van der Waals surface area (Å²) in [6.07, 6.45) is -0.499. The van der Waals surface area contributed by atoms with Crippen LogP contribution >= 0.6 is 0 Å². The molecule has 0 radical (unpaired) electrons. The lowest BCUT2D eigenvalue weighted by molar-refractivity contribution is 0.0877. The van der Waals surface area contributed by atoms with E-state index < -0.39 is 6.10 Å². The number of methoxy groups -OCH3 is 1. The Balaban J connectivity index is 2.62. The molecule has 0 bridgehead atoms. The van der Waals surface area contributed by atoms with Crippen molar-refractivity contribution < 1.29 is 19.4 Å². The van der Waals surface area contributed by atoms with Gasteiger partial charge in [0.05, 0.1) is 7.11 Å². The van der Waals surface area contributed by atoms with Crippen LogP contribution in [0.15, 0.2) is 12.1 Å². The molecular formula is C10H10O4. The lowest BCUT2D eigenvalue weighted by atomic mass is 10.1. The van der Waals surface area contributed by atoms with Crippen LogP contribution in [0.25, 0.3) is 0 Å². The van der Waals surface area contributed by atoms with Crippen molar-refractivity contribution in [2.75, 3.05) is 7.11 Å². The molecule has 0 unspecified atom stereocenters. The van der Waals surface area contributed by atoms with Crippen molar-refractivity contribution in [3.8, 4) is 17.2 Å². The molecule has 0 amide bonds. The van der Waals surface area contributed by atoms with E-state index in [0.29, 0.717) is 17.1 Å². The van der Waals surface area contributed by atoms with Gasteiger partial charge in [-0.15, -0.1) is 0 Å². The van der Waals surface area contributed by atoms with Crippen LogP contribution in [0.1, 0.15) is 17.3 Å². The van der Waals surface area contributed by atoms with Crippen molar-refractivity contribution in [2.24, 2.45) is 0 Å². The van der Waals surface area contributed by atoms with Crippen molar-refractivity contribution in [2.45, 2.75) is 13.0 Å². The van der Waals surface area contributed by atoms with E-state index in [1.165, 1.54) is 19.2 Å². The molecule has 1 aliphatic heterocycles. The Morgan fingerprint density at radius 2 is 2.21 bits per heavy atom. The predicted octanol–water partition coefficient (Wildman–Crippen LogP) is 1.36. The zero-order valence-electron chi connectivity index (χ0n) is 7.90. The van der Waals surface area contributed by atoms with Crippen molar-refractivity contribution in [3.63, 3.8) is 0 Å². The number of ketones is 1. The van der Waals surface area contributed by atoms with E-state index in [0.717, 1.165) is 0 Å². The lowest BCUT2D eigenvalue weighted by Crippen LogP contribution is -2.15. The highest BCUT2D eigenvalue weighted by Gasteiger charge is 2.32. The van der Waals surface area contributed by atoms with Gasteiger partial charge in [-0.1, -0.05) is 0 Å².